The van der Waals surface area contributed by atoms with Gasteiger partial charge in [0.2, 0.25) is 0 Å². The summed E-state index contributed by atoms with van der Waals surface area (Å²) in [5.41, 5.74) is 2.66. The summed E-state index contributed by atoms with van der Waals surface area (Å²) in [4.78, 5) is 31.0. The number of benzene rings is 1. The predicted molar refractivity (Wildman–Crippen MR) is 142 cm³/mol. The van der Waals surface area contributed by atoms with E-state index in [0.717, 1.165) is 42.4 Å². The van der Waals surface area contributed by atoms with E-state index >= 15 is 0 Å². The summed E-state index contributed by atoms with van der Waals surface area (Å²) in [7, 11) is 0. The van der Waals surface area contributed by atoms with Crippen LogP contribution in [0.3, 0.4) is 0 Å². The van der Waals surface area contributed by atoms with Crippen molar-refractivity contribution in [2.45, 2.75) is 89.6 Å². The molecule has 1 amide bonds. The Balaban J connectivity index is 1.44. The fourth-order valence-electron chi connectivity index (χ4n) is 6.30. The zero-order chi connectivity index (χ0) is 24.2. The minimum atomic E-state index is -0.0929. The first-order valence-electron chi connectivity index (χ1n) is 13.4. The highest BCUT2D eigenvalue weighted by atomic mass is 32.1. The van der Waals surface area contributed by atoms with E-state index in [1.54, 1.807) is 11.3 Å². The van der Waals surface area contributed by atoms with Gasteiger partial charge in [-0.1, -0.05) is 45.1 Å². The van der Waals surface area contributed by atoms with Crippen molar-refractivity contribution in [3.8, 4) is 0 Å². The third-order valence-electron chi connectivity index (χ3n) is 8.22. The van der Waals surface area contributed by atoms with E-state index in [4.69, 9.17) is 4.98 Å². The molecule has 3 atom stereocenters. The largest absolute Gasteiger partial charge is 0.349 e. The molecule has 0 aliphatic heterocycles. The van der Waals surface area contributed by atoms with Crippen LogP contribution in [0.1, 0.15) is 98.2 Å². The van der Waals surface area contributed by atoms with E-state index in [1.165, 1.54) is 49.8 Å². The molecular formula is C29H37N3O2S. The normalized spacial score (nSPS) is 22.2. The number of amides is 1. The molecule has 2 aliphatic rings. The first kappa shape index (κ1) is 24.2. The summed E-state index contributed by atoms with van der Waals surface area (Å²) < 4.78 is 2.47. The van der Waals surface area contributed by atoms with Crippen LogP contribution in [0.15, 0.2) is 35.7 Å². The Bertz CT molecular complexity index is 1150. The van der Waals surface area contributed by atoms with Gasteiger partial charge in [-0.15, -0.1) is 11.3 Å². The van der Waals surface area contributed by atoms with Crippen molar-refractivity contribution in [1.29, 1.82) is 0 Å². The van der Waals surface area contributed by atoms with Crippen LogP contribution in [-0.2, 0) is 11.2 Å². The lowest BCUT2D eigenvalue weighted by Crippen LogP contribution is -2.41. The summed E-state index contributed by atoms with van der Waals surface area (Å²) in [6, 6.07) is 10.6. The molecule has 6 heteroatoms. The zero-order valence-corrected chi connectivity index (χ0v) is 21.6. The van der Waals surface area contributed by atoms with Crippen molar-refractivity contribution >= 4 is 34.6 Å². The maximum absolute atomic E-state index is 13.3. The van der Waals surface area contributed by atoms with Crippen molar-refractivity contribution < 1.29 is 9.59 Å². The minimum absolute atomic E-state index is 0.0777. The second-order valence-corrected chi connectivity index (χ2v) is 11.6. The number of carbonyl (C=O) groups is 2. The molecule has 5 rings (SSSR count). The number of fused-ring (bicyclic) bond motifs is 1. The SMILES string of the molecule is C[C@@H]1CCCC[C@H]1n1c(Cc2cccs2)nc2cc(C(=O)NC(CC=O)C3CCCCC3)ccc21. The molecule has 3 aromatic rings. The maximum atomic E-state index is 13.3. The Morgan fingerprint density at radius 3 is 2.69 bits per heavy atom. The first-order valence-corrected chi connectivity index (χ1v) is 14.3. The molecule has 2 heterocycles. The summed E-state index contributed by atoms with van der Waals surface area (Å²) in [5, 5.41) is 5.31. The van der Waals surface area contributed by atoms with Gasteiger partial charge >= 0.3 is 0 Å². The molecule has 1 N–H and O–H groups in total. The third kappa shape index (κ3) is 5.37. The molecule has 0 radical (unpaired) electrons. The van der Waals surface area contributed by atoms with Gasteiger partial charge in [-0.05, 0) is 67.2 Å². The lowest BCUT2D eigenvalue weighted by Gasteiger charge is -2.31. The molecule has 2 saturated carbocycles. The van der Waals surface area contributed by atoms with Crippen molar-refractivity contribution in [3.63, 3.8) is 0 Å². The van der Waals surface area contributed by atoms with Crippen LogP contribution in [0.2, 0.25) is 0 Å². The van der Waals surface area contributed by atoms with Gasteiger partial charge in [-0.2, -0.15) is 0 Å². The number of aromatic nitrogens is 2. The minimum Gasteiger partial charge on any atom is -0.349 e. The molecule has 2 aromatic heterocycles. The number of rotatable bonds is 8. The number of carbonyl (C=O) groups excluding carboxylic acids is 2. The summed E-state index contributed by atoms with van der Waals surface area (Å²) in [5.74, 6) is 2.02. The highest BCUT2D eigenvalue weighted by Crippen LogP contribution is 2.37. The number of nitrogens with one attached hydrogen (secondary N) is 1. The van der Waals surface area contributed by atoms with Crippen LogP contribution in [0.4, 0.5) is 0 Å². The van der Waals surface area contributed by atoms with Crippen LogP contribution >= 0.6 is 11.3 Å². The topological polar surface area (TPSA) is 64.0 Å². The Labute approximate surface area is 212 Å². The Morgan fingerprint density at radius 1 is 1.14 bits per heavy atom. The lowest BCUT2D eigenvalue weighted by molar-refractivity contribution is -0.108. The van der Waals surface area contributed by atoms with Crippen LogP contribution in [0.5, 0.6) is 0 Å². The van der Waals surface area contributed by atoms with Gasteiger partial charge in [0, 0.05) is 35.4 Å². The average molecular weight is 492 g/mol. The van der Waals surface area contributed by atoms with E-state index in [9.17, 15) is 9.59 Å². The molecule has 5 nitrogen and oxygen atoms in total. The second kappa shape index (κ2) is 11.1. The molecule has 2 fully saturated rings. The highest BCUT2D eigenvalue weighted by Gasteiger charge is 2.28. The van der Waals surface area contributed by atoms with Crippen LogP contribution in [-0.4, -0.2) is 27.8 Å². The first-order chi connectivity index (χ1) is 17.1. The van der Waals surface area contributed by atoms with E-state index in [-0.39, 0.29) is 11.9 Å². The summed E-state index contributed by atoms with van der Waals surface area (Å²) >= 11 is 1.77. The van der Waals surface area contributed by atoms with E-state index in [1.807, 2.05) is 12.1 Å². The Morgan fingerprint density at radius 2 is 1.94 bits per heavy atom. The van der Waals surface area contributed by atoms with Crippen LogP contribution in [0.25, 0.3) is 11.0 Å². The number of nitrogens with zero attached hydrogens (tertiary/aromatic N) is 2. The molecule has 2 aliphatic carbocycles. The molecule has 35 heavy (non-hydrogen) atoms. The maximum Gasteiger partial charge on any atom is 0.251 e. The van der Waals surface area contributed by atoms with Crippen LogP contribution < -0.4 is 5.32 Å². The van der Waals surface area contributed by atoms with Gasteiger partial charge in [-0.25, -0.2) is 4.98 Å². The van der Waals surface area contributed by atoms with Gasteiger partial charge < -0.3 is 14.7 Å². The molecule has 186 valence electrons. The summed E-state index contributed by atoms with van der Waals surface area (Å²) in [6.45, 7) is 2.37. The van der Waals surface area contributed by atoms with Crippen LogP contribution in [0, 0.1) is 11.8 Å². The van der Waals surface area contributed by atoms with Gasteiger partial charge in [0.15, 0.2) is 0 Å². The quantitative estimate of drug-likeness (QED) is 0.356. The smallest absolute Gasteiger partial charge is 0.251 e. The standard InChI is InChI=1S/C29H37N3O2S/c1-20-8-5-6-12-26(20)32-27-14-13-22(18-25(27)30-28(32)19-23-11-7-17-35-23)29(34)31-24(15-16-33)21-9-3-2-4-10-21/h7,11,13-14,16-18,20-21,24,26H,2-6,8-10,12,15,19H2,1H3,(H,31,34)/t20-,24?,26-/m1/s1. The van der Waals surface area contributed by atoms with E-state index < -0.39 is 0 Å². The molecule has 0 spiro atoms. The van der Waals surface area contributed by atoms with Gasteiger partial charge in [0.05, 0.1) is 11.0 Å². The van der Waals surface area contributed by atoms with E-state index in [0.29, 0.717) is 29.9 Å². The van der Waals surface area contributed by atoms with Gasteiger partial charge in [0.1, 0.15) is 12.1 Å². The third-order valence-corrected chi connectivity index (χ3v) is 9.10. The fraction of sp³-hybridized carbons (Fsp3) is 0.552. The number of hydrogen-bond donors (Lipinski definition) is 1. The molecule has 1 unspecified atom stereocenters. The van der Waals surface area contributed by atoms with Gasteiger partial charge in [-0.3, -0.25) is 4.79 Å². The van der Waals surface area contributed by atoms with Crippen molar-refractivity contribution in [3.05, 3.63) is 52.0 Å². The molecule has 0 saturated heterocycles. The number of hydrogen-bond acceptors (Lipinski definition) is 4. The van der Waals surface area contributed by atoms with E-state index in [2.05, 4.69) is 40.4 Å². The average Bonchev–Trinajstić information content (AvgIpc) is 3.52. The second-order valence-electron chi connectivity index (χ2n) is 10.6. The fourth-order valence-corrected chi connectivity index (χ4v) is 7.00. The molecule has 1 aromatic carbocycles. The number of thiophene rings is 1. The van der Waals surface area contributed by atoms with Crippen molar-refractivity contribution in [2.75, 3.05) is 0 Å². The Hall–Kier alpha value is -2.47. The lowest BCUT2D eigenvalue weighted by atomic mass is 9.82. The molecule has 0 bridgehead atoms. The molecular weight excluding hydrogens is 454 g/mol. The number of imidazole rings is 1. The predicted octanol–water partition coefficient (Wildman–Crippen LogP) is 6.71. The van der Waals surface area contributed by atoms with Gasteiger partial charge in [0.25, 0.3) is 5.91 Å². The van der Waals surface area contributed by atoms with Crippen molar-refractivity contribution in [1.82, 2.24) is 14.9 Å². The summed E-state index contributed by atoms with van der Waals surface area (Å²) in [6.07, 6.45) is 13.0. The number of aldehydes is 1. The van der Waals surface area contributed by atoms with Crippen molar-refractivity contribution in [2.24, 2.45) is 11.8 Å². The Kier molecular flexibility index (Phi) is 7.66. The monoisotopic (exact) mass is 491 g/mol. The zero-order valence-electron chi connectivity index (χ0n) is 20.7. The highest BCUT2D eigenvalue weighted by molar-refractivity contribution is 7.09.